The molecule has 0 atom stereocenters. The van der Waals surface area contributed by atoms with E-state index in [2.05, 4.69) is 25.3 Å². The molecule has 0 saturated heterocycles. The van der Waals surface area contributed by atoms with Gasteiger partial charge in [0.05, 0.1) is 0 Å². The van der Waals surface area contributed by atoms with E-state index in [4.69, 9.17) is 10.3 Å². The van der Waals surface area contributed by atoms with Gasteiger partial charge in [0.25, 0.3) is 10.0 Å². The molecule has 0 bridgehead atoms. The van der Waals surface area contributed by atoms with Gasteiger partial charge in [-0.3, -0.25) is 0 Å². The summed E-state index contributed by atoms with van der Waals surface area (Å²) in [7, 11) is -3.89. The average molecular weight is 270 g/mol. The van der Waals surface area contributed by atoms with E-state index < -0.39 is 10.0 Å². The van der Waals surface area contributed by atoms with Crippen molar-refractivity contribution in [2.24, 2.45) is 5.84 Å². The second-order valence-corrected chi connectivity index (χ2v) is 4.88. The summed E-state index contributed by atoms with van der Waals surface area (Å²) in [5.74, 6) is 5.45. The average Bonchev–Trinajstić information content (AvgIpc) is 2.74. The molecule has 2 rings (SSSR count). The lowest BCUT2D eigenvalue weighted by molar-refractivity contribution is 0.534. The molecule has 0 radical (unpaired) electrons. The van der Waals surface area contributed by atoms with Crippen molar-refractivity contribution >= 4 is 21.9 Å². The van der Waals surface area contributed by atoms with Crippen molar-refractivity contribution in [1.29, 1.82) is 0 Å². The fraction of sp³-hybridized carbons (Fsp3) is 0.125. The Morgan fingerprint density at radius 2 is 2.17 bits per heavy atom. The van der Waals surface area contributed by atoms with Gasteiger partial charge in [0.15, 0.2) is 5.82 Å². The number of aryl methyl sites for hydroxylation is 1. The van der Waals surface area contributed by atoms with Crippen molar-refractivity contribution in [2.45, 2.75) is 11.8 Å². The Bertz CT molecular complexity index is 652. The maximum Gasteiger partial charge on any atom is 0.329 e. The van der Waals surface area contributed by atoms with Gasteiger partial charge in [-0.15, -0.1) is 5.10 Å². The van der Waals surface area contributed by atoms with Gasteiger partial charge in [0, 0.05) is 13.1 Å². The summed E-state index contributed by atoms with van der Waals surface area (Å²) in [5, 5.41) is 7.04. The van der Waals surface area contributed by atoms with E-state index >= 15 is 0 Å². The number of aromatic nitrogens is 3. The molecule has 0 saturated carbocycles. The quantitative estimate of drug-likeness (QED) is 0.515. The topological polar surface area (TPSA) is 136 Å². The first-order valence-electron chi connectivity index (χ1n) is 4.77. The number of anilines is 2. The second-order valence-electron chi connectivity index (χ2n) is 3.23. The zero-order valence-corrected chi connectivity index (χ0v) is 10.1. The molecular formula is C8H10N6O3S. The lowest BCUT2D eigenvalue weighted by Crippen LogP contribution is -2.18. The Balaban J connectivity index is 2.36. The lowest BCUT2D eigenvalue weighted by Gasteiger charge is -2.07. The minimum absolute atomic E-state index is 0.0150. The second kappa shape index (κ2) is 4.58. The van der Waals surface area contributed by atoms with Gasteiger partial charge in [0.2, 0.25) is 5.89 Å². The smallest absolute Gasteiger partial charge is 0.329 e. The largest absolute Gasteiger partial charge is 0.408 e. The lowest BCUT2D eigenvalue weighted by atomic mass is 10.5. The number of pyridine rings is 1. The number of rotatable bonds is 4. The fourth-order valence-electron chi connectivity index (χ4n) is 1.22. The number of nitrogens with zero attached hydrogens (tertiary/aromatic N) is 3. The molecule has 2 heterocycles. The highest BCUT2D eigenvalue weighted by atomic mass is 32.2. The Kier molecular flexibility index (Phi) is 3.12. The number of nitrogens with two attached hydrogens (primary N) is 1. The van der Waals surface area contributed by atoms with Crippen LogP contribution in [0.2, 0.25) is 0 Å². The molecule has 0 aliphatic carbocycles. The van der Waals surface area contributed by atoms with E-state index in [0.717, 1.165) is 0 Å². The molecule has 9 nitrogen and oxygen atoms in total. The first-order valence-corrected chi connectivity index (χ1v) is 6.26. The third-order valence-corrected chi connectivity index (χ3v) is 3.30. The minimum atomic E-state index is -3.89. The van der Waals surface area contributed by atoms with Crippen LogP contribution < -0.4 is 16.0 Å². The minimum Gasteiger partial charge on any atom is -0.408 e. The molecule has 0 aliphatic rings. The van der Waals surface area contributed by atoms with Crippen LogP contribution in [0.1, 0.15) is 5.89 Å². The summed E-state index contributed by atoms with van der Waals surface area (Å²) >= 11 is 0. The van der Waals surface area contributed by atoms with Gasteiger partial charge in [-0.05, 0) is 12.1 Å². The van der Waals surface area contributed by atoms with E-state index in [1.807, 2.05) is 0 Å². The highest BCUT2D eigenvalue weighted by Gasteiger charge is 2.21. The SMILES string of the molecule is Cc1nnc(NS(=O)(=O)c2cccnc2NN)o1. The predicted molar refractivity (Wildman–Crippen MR) is 61.9 cm³/mol. The first kappa shape index (κ1) is 12.3. The number of nitrogens with one attached hydrogen (secondary N) is 2. The maximum absolute atomic E-state index is 12.0. The number of hydrogen-bond donors (Lipinski definition) is 3. The normalized spacial score (nSPS) is 11.2. The zero-order chi connectivity index (χ0) is 13.2. The molecule has 10 heteroatoms. The van der Waals surface area contributed by atoms with Crippen LogP contribution in [-0.4, -0.2) is 23.6 Å². The molecule has 0 spiro atoms. The van der Waals surface area contributed by atoms with E-state index in [1.165, 1.54) is 18.3 Å². The molecule has 0 fully saturated rings. The third-order valence-electron chi connectivity index (χ3n) is 1.94. The van der Waals surface area contributed by atoms with E-state index in [0.29, 0.717) is 0 Å². The van der Waals surface area contributed by atoms with Crippen molar-refractivity contribution in [3.63, 3.8) is 0 Å². The standard InChI is InChI=1S/C8H10N6O3S/c1-5-12-13-8(17-5)14-18(15,16)6-3-2-4-10-7(6)11-9/h2-4H,9H2,1H3,(H,10,11)(H,13,14). The van der Waals surface area contributed by atoms with Crippen LogP contribution in [0.25, 0.3) is 0 Å². The summed E-state index contributed by atoms with van der Waals surface area (Å²) in [4.78, 5) is 3.67. The zero-order valence-electron chi connectivity index (χ0n) is 9.28. The summed E-state index contributed by atoms with van der Waals surface area (Å²) in [6, 6.07) is 2.58. The van der Waals surface area contributed by atoms with Gasteiger partial charge in [-0.25, -0.2) is 24.0 Å². The van der Waals surface area contributed by atoms with Crippen LogP contribution in [-0.2, 0) is 10.0 Å². The summed E-state index contributed by atoms with van der Waals surface area (Å²) in [5.41, 5.74) is 2.20. The number of hydrogen-bond acceptors (Lipinski definition) is 8. The molecule has 2 aromatic rings. The third kappa shape index (κ3) is 2.38. The Labute approximate surface area is 102 Å². The van der Waals surface area contributed by atoms with Gasteiger partial charge in [-0.2, -0.15) is 0 Å². The molecule has 0 amide bonds. The van der Waals surface area contributed by atoms with Gasteiger partial charge in [0.1, 0.15) is 4.90 Å². The summed E-state index contributed by atoms with van der Waals surface area (Å²) in [6.45, 7) is 1.54. The highest BCUT2D eigenvalue weighted by molar-refractivity contribution is 7.92. The van der Waals surface area contributed by atoms with Crippen LogP contribution in [0.15, 0.2) is 27.6 Å². The molecule has 18 heavy (non-hydrogen) atoms. The Morgan fingerprint density at radius 1 is 1.39 bits per heavy atom. The Morgan fingerprint density at radius 3 is 2.78 bits per heavy atom. The molecule has 4 N–H and O–H groups in total. The van der Waals surface area contributed by atoms with Crippen LogP contribution in [0.3, 0.4) is 0 Å². The van der Waals surface area contributed by atoms with Crippen molar-refractivity contribution in [3.8, 4) is 0 Å². The molecule has 2 aromatic heterocycles. The van der Waals surface area contributed by atoms with Gasteiger partial charge >= 0.3 is 6.01 Å². The predicted octanol–water partition coefficient (Wildman–Crippen LogP) is -0.141. The van der Waals surface area contributed by atoms with E-state index in [-0.39, 0.29) is 22.6 Å². The summed E-state index contributed by atoms with van der Waals surface area (Å²) in [6.07, 6.45) is 1.41. The monoisotopic (exact) mass is 270 g/mol. The Hall–Kier alpha value is -2.20. The molecule has 0 aliphatic heterocycles. The number of nitrogen functional groups attached to an aromatic ring is 1. The number of sulfonamides is 1. The van der Waals surface area contributed by atoms with Crippen molar-refractivity contribution < 1.29 is 12.8 Å². The maximum atomic E-state index is 12.0. The highest BCUT2D eigenvalue weighted by Crippen LogP contribution is 2.19. The van der Waals surface area contributed by atoms with Crippen molar-refractivity contribution in [2.75, 3.05) is 10.1 Å². The van der Waals surface area contributed by atoms with Crippen molar-refractivity contribution in [1.82, 2.24) is 15.2 Å². The first-order chi connectivity index (χ1) is 8.53. The van der Waals surface area contributed by atoms with Crippen LogP contribution in [0.4, 0.5) is 11.8 Å². The molecule has 96 valence electrons. The molecular weight excluding hydrogens is 260 g/mol. The van der Waals surface area contributed by atoms with Crippen molar-refractivity contribution in [3.05, 3.63) is 24.2 Å². The van der Waals surface area contributed by atoms with E-state index in [1.54, 1.807) is 6.92 Å². The number of hydrazine groups is 1. The van der Waals surface area contributed by atoms with Crippen LogP contribution in [0.5, 0.6) is 0 Å². The summed E-state index contributed by atoms with van der Waals surface area (Å²) < 4.78 is 31.1. The molecule has 0 aromatic carbocycles. The van der Waals surface area contributed by atoms with Gasteiger partial charge < -0.3 is 9.84 Å². The molecule has 0 unspecified atom stereocenters. The van der Waals surface area contributed by atoms with E-state index in [9.17, 15) is 8.42 Å². The van der Waals surface area contributed by atoms with Crippen LogP contribution >= 0.6 is 0 Å². The fourth-order valence-corrected chi connectivity index (χ4v) is 2.27. The van der Waals surface area contributed by atoms with Gasteiger partial charge in [-0.1, -0.05) is 5.10 Å². The van der Waals surface area contributed by atoms with Crippen LogP contribution in [0, 0.1) is 6.92 Å².